The van der Waals surface area contributed by atoms with Gasteiger partial charge in [0.25, 0.3) is 0 Å². The summed E-state index contributed by atoms with van der Waals surface area (Å²) < 4.78 is 17.0. The van der Waals surface area contributed by atoms with E-state index in [9.17, 15) is 0 Å². The Labute approximate surface area is 121 Å². The molecule has 0 aliphatic carbocycles. The topological polar surface area (TPSA) is 53.7 Å². The van der Waals surface area contributed by atoms with Crippen molar-refractivity contribution in [3.63, 3.8) is 0 Å². The molecule has 2 atom stereocenters. The molecule has 4 heteroatoms. The van der Waals surface area contributed by atoms with Crippen LogP contribution >= 0.6 is 0 Å². The highest BCUT2D eigenvalue weighted by Crippen LogP contribution is 2.32. The molecule has 0 spiro atoms. The van der Waals surface area contributed by atoms with Crippen LogP contribution in [-0.2, 0) is 11.2 Å². The molecule has 0 bridgehead atoms. The highest BCUT2D eigenvalue weighted by Gasteiger charge is 2.19. The molecule has 1 saturated heterocycles. The summed E-state index contributed by atoms with van der Waals surface area (Å²) >= 11 is 0. The van der Waals surface area contributed by atoms with Gasteiger partial charge in [-0.05, 0) is 37.3 Å². The Hall–Kier alpha value is -1.26. The molecule has 1 aromatic carbocycles. The molecule has 2 rings (SSSR count). The highest BCUT2D eigenvalue weighted by molar-refractivity contribution is 5.47. The van der Waals surface area contributed by atoms with E-state index < -0.39 is 0 Å². The van der Waals surface area contributed by atoms with Gasteiger partial charge >= 0.3 is 0 Å². The molecular formula is C16H25NO3. The Bertz CT molecular complexity index is 416. The predicted octanol–water partition coefficient (Wildman–Crippen LogP) is 2.53. The van der Waals surface area contributed by atoms with Crippen LogP contribution in [0.15, 0.2) is 18.2 Å². The van der Waals surface area contributed by atoms with Crippen molar-refractivity contribution in [3.05, 3.63) is 23.8 Å². The van der Waals surface area contributed by atoms with Crippen LogP contribution in [0.25, 0.3) is 0 Å². The summed E-state index contributed by atoms with van der Waals surface area (Å²) in [6, 6.07) is 6.11. The van der Waals surface area contributed by atoms with Crippen molar-refractivity contribution >= 4 is 0 Å². The average molecular weight is 279 g/mol. The molecule has 2 unspecified atom stereocenters. The van der Waals surface area contributed by atoms with Gasteiger partial charge < -0.3 is 19.9 Å². The summed E-state index contributed by atoms with van der Waals surface area (Å²) in [7, 11) is 1.66. The van der Waals surface area contributed by atoms with Crippen LogP contribution < -0.4 is 15.2 Å². The first-order valence-corrected chi connectivity index (χ1v) is 7.40. The smallest absolute Gasteiger partial charge is 0.164 e. The fourth-order valence-corrected chi connectivity index (χ4v) is 2.43. The molecule has 2 N–H and O–H groups in total. The second kappa shape index (κ2) is 7.50. The summed E-state index contributed by atoms with van der Waals surface area (Å²) in [5, 5.41) is 0. The molecule has 112 valence electrons. The van der Waals surface area contributed by atoms with E-state index >= 15 is 0 Å². The van der Waals surface area contributed by atoms with Crippen LogP contribution in [0.2, 0.25) is 0 Å². The van der Waals surface area contributed by atoms with E-state index in [0.717, 1.165) is 49.4 Å². The van der Waals surface area contributed by atoms with Gasteiger partial charge in [-0.15, -0.1) is 0 Å². The zero-order chi connectivity index (χ0) is 14.4. The lowest BCUT2D eigenvalue weighted by atomic mass is 10.0. The predicted molar refractivity (Wildman–Crippen MR) is 79.4 cm³/mol. The standard InChI is InChI=1S/C16H25NO3/c1-3-13(17)10-12-6-4-8-15(18-2)16(12)20-11-14-7-5-9-19-14/h4,6,8,13-14H,3,5,7,9-11,17H2,1-2H3. The lowest BCUT2D eigenvalue weighted by molar-refractivity contribution is 0.0666. The summed E-state index contributed by atoms with van der Waals surface area (Å²) in [5.41, 5.74) is 7.17. The number of para-hydroxylation sites is 1. The maximum absolute atomic E-state index is 6.06. The van der Waals surface area contributed by atoms with Crippen LogP contribution in [0.5, 0.6) is 11.5 Å². The zero-order valence-electron chi connectivity index (χ0n) is 12.4. The number of rotatable bonds is 7. The van der Waals surface area contributed by atoms with E-state index in [2.05, 4.69) is 13.0 Å². The van der Waals surface area contributed by atoms with Gasteiger partial charge in [0, 0.05) is 12.6 Å². The van der Waals surface area contributed by atoms with E-state index in [-0.39, 0.29) is 12.1 Å². The molecule has 0 radical (unpaired) electrons. The molecule has 1 aromatic rings. The van der Waals surface area contributed by atoms with Crippen LogP contribution in [-0.4, -0.2) is 32.5 Å². The third kappa shape index (κ3) is 3.87. The Morgan fingerprint density at radius 2 is 2.30 bits per heavy atom. The van der Waals surface area contributed by atoms with Crippen molar-refractivity contribution < 1.29 is 14.2 Å². The molecule has 0 saturated carbocycles. The van der Waals surface area contributed by atoms with E-state index in [1.807, 2.05) is 12.1 Å². The summed E-state index contributed by atoms with van der Waals surface area (Å²) in [6.07, 6.45) is 4.14. The quantitative estimate of drug-likeness (QED) is 0.833. The lowest BCUT2D eigenvalue weighted by Gasteiger charge is -2.18. The molecule has 1 fully saturated rings. The second-order valence-electron chi connectivity index (χ2n) is 5.27. The first kappa shape index (κ1) is 15.1. The minimum atomic E-state index is 0.146. The van der Waals surface area contributed by atoms with Crippen molar-refractivity contribution in [1.82, 2.24) is 0 Å². The number of hydrogen-bond donors (Lipinski definition) is 1. The van der Waals surface area contributed by atoms with Gasteiger partial charge in [0.05, 0.1) is 13.2 Å². The molecule has 0 aromatic heterocycles. The van der Waals surface area contributed by atoms with Gasteiger partial charge in [-0.1, -0.05) is 19.1 Å². The molecule has 1 heterocycles. The minimum Gasteiger partial charge on any atom is -0.493 e. The minimum absolute atomic E-state index is 0.146. The average Bonchev–Trinajstić information content (AvgIpc) is 2.98. The van der Waals surface area contributed by atoms with E-state index in [4.69, 9.17) is 19.9 Å². The van der Waals surface area contributed by atoms with Crippen molar-refractivity contribution in [2.45, 2.75) is 44.8 Å². The molecule has 1 aliphatic rings. The van der Waals surface area contributed by atoms with Gasteiger partial charge in [-0.2, -0.15) is 0 Å². The Morgan fingerprint density at radius 1 is 1.45 bits per heavy atom. The number of nitrogens with two attached hydrogens (primary N) is 1. The highest BCUT2D eigenvalue weighted by atomic mass is 16.5. The number of hydrogen-bond acceptors (Lipinski definition) is 4. The third-order valence-corrected chi connectivity index (χ3v) is 3.72. The van der Waals surface area contributed by atoms with Gasteiger partial charge in [0.15, 0.2) is 11.5 Å². The van der Waals surface area contributed by atoms with Crippen molar-refractivity contribution in [1.29, 1.82) is 0 Å². The molecule has 20 heavy (non-hydrogen) atoms. The van der Waals surface area contributed by atoms with Crippen LogP contribution in [0.1, 0.15) is 31.7 Å². The SMILES string of the molecule is CCC(N)Cc1cccc(OC)c1OCC1CCCO1. The fourth-order valence-electron chi connectivity index (χ4n) is 2.43. The lowest BCUT2D eigenvalue weighted by Crippen LogP contribution is -2.22. The monoisotopic (exact) mass is 279 g/mol. The Kier molecular flexibility index (Phi) is 5.68. The van der Waals surface area contributed by atoms with Crippen molar-refractivity contribution in [3.8, 4) is 11.5 Å². The molecule has 1 aliphatic heterocycles. The van der Waals surface area contributed by atoms with E-state index in [0.29, 0.717) is 6.61 Å². The van der Waals surface area contributed by atoms with Gasteiger partial charge in [0.2, 0.25) is 0 Å². The maximum atomic E-state index is 6.06. The van der Waals surface area contributed by atoms with Crippen LogP contribution in [0.4, 0.5) is 0 Å². The summed E-state index contributed by atoms with van der Waals surface area (Å²) in [5.74, 6) is 1.58. The van der Waals surface area contributed by atoms with Crippen molar-refractivity contribution in [2.75, 3.05) is 20.3 Å². The first-order valence-electron chi connectivity index (χ1n) is 7.40. The van der Waals surface area contributed by atoms with Crippen LogP contribution in [0.3, 0.4) is 0 Å². The van der Waals surface area contributed by atoms with E-state index in [1.165, 1.54) is 0 Å². The molecule has 4 nitrogen and oxygen atoms in total. The number of ether oxygens (including phenoxy) is 3. The summed E-state index contributed by atoms with van der Waals surface area (Å²) in [4.78, 5) is 0. The normalized spacial score (nSPS) is 19.9. The Balaban J connectivity index is 2.09. The van der Waals surface area contributed by atoms with E-state index in [1.54, 1.807) is 7.11 Å². The number of methoxy groups -OCH3 is 1. The van der Waals surface area contributed by atoms with Gasteiger partial charge in [0.1, 0.15) is 6.61 Å². The number of benzene rings is 1. The second-order valence-corrected chi connectivity index (χ2v) is 5.27. The first-order chi connectivity index (χ1) is 9.74. The Morgan fingerprint density at radius 3 is 2.95 bits per heavy atom. The fraction of sp³-hybridized carbons (Fsp3) is 0.625. The maximum Gasteiger partial charge on any atom is 0.164 e. The van der Waals surface area contributed by atoms with Gasteiger partial charge in [-0.25, -0.2) is 0 Å². The zero-order valence-corrected chi connectivity index (χ0v) is 12.4. The molecule has 0 amide bonds. The van der Waals surface area contributed by atoms with Crippen LogP contribution in [0, 0.1) is 0 Å². The largest absolute Gasteiger partial charge is 0.493 e. The molecular weight excluding hydrogens is 254 g/mol. The summed E-state index contributed by atoms with van der Waals surface area (Å²) in [6.45, 7) is 3.51. The third-order valence-electron chi connectivity index (χ3n) is 3.72. The van der Waals surface area contributed by atoms with Gasteiger partial charge in [-0.3, -0.25) is 0 Å². The van der Waals surface area contributed by atoms with Crippen molar-refractivity contribution in [2.24, 2.45) is 5.73 Å².